The van der Waals surface area contributed by atoms with Crippen LogP contribution < -0.4 is 0 Å². The zero-order chi connectivity index (χ0) is 17.8. The number of piperidine rings is 1. The van der Waals surface area contributed by atoms with Crippen molar-refractivity contribution in [2.24, 2.45) is 5.92 Å². The molecule has 140 valence electrons. The maximum atomic E-state index is 10.5. The van der Waals surface area contributed by atoms with E-state index in [1.54, 1.807) is 0 Å². The van der Waals surface area contributed by atoms with E-state index < -0.39 is 0 Å². The van der Waals surface area contributed by atoms with Crippen molar-refractivity contribution >= 4 is 0 Å². The maximum Gasteiger partial charge on any atom is 0.0916 e. The van der Waals surface area contributed by atoms with Gasteiger partial charge in [0.05, 0.1) is 18.3 Å². The number of hydrogen-bond acceptors (Lipinski definition) is 4. The maximum absolute atomic E-state index is 10.5. The van der Waals surface area contributed by atoms with Crippen LogP contribution in [0.5, 0.6) is 0 Å². The van der Waals surface area contributed by atoms with Crippen LogP contribution in [0, 0.1) is 12.8 Å². The Morgan fingerprint density at radius 3 is 2.24 bits per heavy atom. The number of aryl methyl sites for hydroxylation is 1. The summed E-state index contributed by atoms with van der Waals surface area (Å²) in [7, 11) is 0. The molecule has 0 saturated carbocycles. The topological polar surface area (TPSA) is 35.9 Å². The van der Waals surface area contributed by atoms with Crippen LogP contribution in [0.1, 0.15) is 43.9 Å². The molecule has 1 aromatic rings. The first kappa shape index (κ1) is 18.8. The van der Waals surface area contributed by atoms with E-state index in [4.69, 9.17) is 4.74 Å². The molecule has 2 heterocycles. The minimum Gasteiger partial charge on any atom is -0.387 e. The van der Waals surface area contributed by atoms with Crippen LogP contribution in [0.15, 0.2) is 24.3 Å². The van der Waals surface area contributed by atoms with Crippen molar-refractivity contribution in [1.82, 2.24) is 9.80 Å². The normalized spacial score (nSPS) is 28.2. The number of hydrogen-bond donors (Lipinski definition) is 1. The minimum absolute atomic E-state index is 0.355. The lowest BCUT2D eigenvalue weighted by atomic mass is 9.95. The molecule has 2 saturated heterocycles. The van der Waals surface area contributed by atoms with Crippen molar-refractivity contribution in [3.8, 4) is 0 Å². The number of β-amino-alcohol motifs (C(OH)–C–C–N with tert-alkyl or cyclic N) is 1. The molecule has 4 nitrogen and oxygen atoms in total. The third-order valence-electron chi connectivity index (χ3n) is 5.61. The van der Waals surface area contributed by atoms with Gasteiger partial charge in [0.15, 0.2) is 0 Å². The van der Waals surface area contributed by atoms with Gasteiger partial charge >= 0.3 is 0 Å². The molecule has 25 heavy (non-hydrogen) atoms. The van der Waals surface area contributed by atoms with Crippen molar-refractivity contribution in [2.75, 3.05) is 39.3 Å². The Labute approximate surface area is 152 Å². The van der Waals surface area contributed by atoms with Crippen molar-refractivity contribution in [3.63, 3.8) is 0 Å². The first-order valence-corrected chi connectivity index (χ1v) is 9.84. The van der Waals surface area contributed by atoms with Gasteiger partial charge in [-0.1, -0.05) is 29.8 Å². The van der Waals surface area contributed by atoms with Gasteiger partial charge < -0.3 is 14.7 Å². The molecule has 1 aromatic carbocycles. The Bertz CT molecular complexity index is 515. The number of likely N-dealkylation sites (tertiary alicyclic amines) is 1. The fourth-order valence-corrected chi connectivity index (χ4v) is 4.29. The Morgan fingerprint density at radius 2 is 1.64 bits per heavy atom. The van der Waals surface area contributed by atoms with E-state index >= 15 is 0 Å². The van der Waals surface area contributed by atoms with E-state index in [0.717, 1.165) is 44.2 Å². The van der Waals surface area contributed by atoms with Gasteiger partial charge in [-0.05, 0) is 58.2 Å². The Morgan fingerprint density at radius 1 is 1.04 bits per heavy atom. The molecule has 3 rings (SSSR count). The molecule has 0 spiro atoms. The average molecular weight is 347 g/mol. The van der Waals surface area contributed by atoms with Gasteiger partial charge in [-0.15, -0.1) is 0 Å². The average Bonchev–Trinajstić information content (AvgIpc) is 2.56. The van der Waals surface area contributed by atoms with Crippen LogP contribution in [-0.2, 0) is 4.74 Å². The summed E-state index contributed by atoms with van der Waals surface area (Å²) in [6, 6.07) is 8.26. The number of benzene rings is 1. The Balaban J connectivity index is 1.41. The largest absolute Gasteiger partial charge is 0.387 e. The highest BCUT2D eigenvalue weighted by Gasteiger charge is 2.27. The van der Waals surface area contributed by atoms with E-state index in [2.05, 4.69) is 42.7 Å². The monoisotopic (exact) mass is 346 g/mol. The van der Waals surface area contributed by atoms with Gasteiger partial charge in [0.25, 0.3) is 0 Å². The molecule has 0 amide bonds. The standard InChI is InChI=1S/C21H34N2O2/c1-16-4-6-20(7-5-16)21(24)15-22-10-8-19(9-11-22)14-23-12-17(2)25-18(3)13-23/h4-7,17-19,21,24H,8-15H2,1-3H3. The van der Waals surface area contributed by atoms with Crippen molar-refractivity contribution < 1.29 is 9.84 Å². The number of morpholine rings is 1. The predicted octanol–water partition coefficient (Wildman–Crippen LogP) is 2.85. The molecule has 0 aromatic heterocycles. The van der Waals surface area contributed by atoms with Crippen molar-refractivity contribution in [2.45, 2.75) is 51.9 Å². The number of aliphatic hydroxyl groups is 1. The molecular formula is C21H34N2O2. The fourth-order valence-electron chi connectivity index (χ4n) is 4.29. The number of ether oxygens (including phenoxy) is 1. The van der Waals surface area contributed by atoms with E-state index in [0.29, 0.717) is 12.2 Å². The second kappa shape index (κ2) is 8.63. The highest BCUT2D eigenvalue weighted by atomic mass is 16.5. The highest BCUT2D eigenvalue weighted by Crippen LogP contribution is 2.23. The second-order valence-electron chi connectivity index (χ2n) is 8.15. The quantitative estimate of drug-likeness (QED) is 0.889. The summed E-state index contributed by atoms with van der Waals surface area (Å²) in [4.78, 5) is 5.01. The lowest BCUT2D eigenvalue weighted by Crippen LogP contribution is -2.48. The summed E-state index contributed by atoms with van der Waals surface area (Å²) in [6.45, 7) is 12.7. The first-order chi connectivity index (χ1) is 12.0. The summed E-state index contributed by atoms with van der Waals surface area (Å²) in [5.41, 5.74) is 2.27. The Kier molecular flexibility index (Phi) is 6.50. The lowest BCUT2D eigenvalue weighted by molar-refractivity contribution is -0.0734. The number of aliphatic hydroxyl groups excluding tert-OH is 1. The van der Waals surface area contributed by atoms with Gasteiger partial charge in [0, 0.05) is 26.2 Å². The molecule has 2 aliphatic heterocycles. The van der Waals surface area contributed by atoms with Crippen LogP contribution >= 0.6 is 0 Å². The predicted molar refractivity (Wildman–Crippen MR) is 102 cm³/mol. The first-order valence-electron chi connectivity index (χ1n) is 9.84. The van der Waals surface area contributed by atoms with Crippen LogP contribution in [0.2, 0.25) is 0 Å². The fraction of sp³-hybridized carbons (Fsp3) is 0.714. The molecule has 1 N–H and O–H groups in total. The van der Waals surface area contributed by atoms with Crippen LogP contribution in [0.4, 0.5) is 0 Å². The van der Waals surface area contributed by atoms with Crippen LogP contribution in [0.25, 0.3) is 0 Å². The number of nitrogens with zero attached hydrogens (tertiary/aromatic N) is 2. The van der Waals surface area contributed by atoms with Crippen LogP contribution in [-0.4, -0.2) is 66.4 Å². The van der Waals surface area contributed by atoms with Crippen LogP contribution in [0.3, 0.4) is 0 Å². The van der Waals surface area contributed by atoms with E-state index in [1.807, 2.05) is 12.1 Å². The third kappa shape index (κ3) is 5.52. The summed E-state index contributed by atoms with van der Waals surface area (Å²) in [5.74, 6) is 0.783. The molecule has 3 atom stereocenters. The summed E-state index contributed by atoms with van der Waals surface area (Å²) in [5, 5.41) is 10.5. The zero-order valence-electron chi connectivity index (χ0n) is 16.0. The summed E-state index contributed by atoms with van der Waals surface area (Å²) in [6.07, 6.45) is 2.81. The molecule has 0 aliphatic carbocycles. The second-order valence-corrected chi connectivity index (χ2v) is 8.15. The molecule has 2 fully saturated rings. The Hall–Kier alpha value is -0.940. The summed E-state index contributed by atoms with van der Waals surface area (Å²) >= 11 is 0. The lowest BCUT2D eigenvalue weighted by Gasteiger charge is -2.39. The number of rotatable bonds is 5. The zero-order valence-corrected chi connectivity index (χ0v) is 16.0. The van der Waals surface area contributed by atoms with E-state index in [9.17, 15) is 5.11 Å². The molecule has 0 radical (unpaired) electrons. The van der Waals surface area contributed by atoms with Gasteiger partial charge in [0.1, 0.15) is 0 Å². The van der Waals surface area contributed by atoms with Crippen molar-refractivity contribution in [1.29, 1.82) is 0 Å². The van der Waals surface area contributed by atoms with Gasteiger partial charge in [-0.2, -0.15) is 0 Å². The summed E-state index contributed by atoms with van der Waals surface area (Å²) < 4.78 is 5.84. The highest BCUT2D eigenvalue weighted by molar-refractivity contribution is 5.23. The molecular weight excluding hydrogens is 312 g/mol. The van der Waals surface area contributed by atoms with Crippen molar-refractivity contribution in [3.05, 3.63) is 35.4 Å². The van der Waals surface area contributed by atoms with Gasteiger partial charge in [-0.3, -0.25) is 4.90 Å². The molecule has 0 bridgehead atoms. The third-order valence-corrected chi connectivity index (χ3v) is 5.61. The molecule has 4 heteroatoms. The minimum atomic E-state index is -0.377. The SMILES string of the molecule is Cc1ccc(C(O)CN2CCC(CN3CC(C)OC(C)C3)CC2)cc1. The smallest absolute Gasteiger partial charge is 0.0916 e. The van der Waals surface area contributed by atoms with Gasteiger partial charge in [0.2, 0.25) is 0 Å². The van der Waals surface area contributed by atoms with Gasteiger partial charge in [-0.25, -0.2) is 0 Å². The molecule has 3 unspecified atom stereocenters. The van der Waals surface area contributed by atoms with E-state index in [1.165, 1.54) is 24.9 Å². The van der Waals surface area contributed by atoms with E-state index in [-0.39, 0.29) is 6.10 Å². The molecule has 2 aliphatic rings.